The van der Waals surface area contributed by atoms with Crippen molar-refractivity contribution in [2.45, 2.75) is 38.6 Å². The number of hydrogen-bond acceptors (Lipinski definition) is 2. The van der Waals surface area contributed by atoms with Crippen molar-refractivity contribution in [3.8, 4) is 0 Å². The van der Waals surface area contributed by atoms with Crippen LogP contribution in [0.15, 0.2) is 36.4 Å². The van der Waals surface area contributed by atoms with Crippen LogP contribution < -0.4 is 5.32 Å². The van der Waals surface area contributed by atoms with Gasteiger partial charge in [-0.2, -0.15) is 0 Å². The van der Waals surface area contributed by atoms with Gasteiger partial charge < -0.3 is 5.32 Å². The first-order valence-corrected chi connectivity index (χ1v) is 6.95. The first-order valence-electron chi connectivity index (χ1n) is 6.95. The second-order valence-electron chi connectivity index (χ2n) is 5.37. The fraction of sp³-hybridized carbons (Fsp3) is 0.438. The lowest BCUT2D eigenvalue weighted by atomic mass is 10.00. The summed E-state index contributed by atoms with van der Waals surface area (Å²) >= 11 is 0. The van der Waals surface area contributed by atoms with Crippen LogP contribution in [0, 0.1) is 5.92 Å². The summed E-state index contributed by atoms with van der Waals surface area (Å²) in [5.74, 6) is 1.83. The molecule has 2 heteroatoms. The van der Waals surface area contributed by atoms with Crippen LogP contribution in [0.2, 0.25) is 0 Å². The zero-order valence-electron chi connectivity index (χ0n) is 10.9. The standard InChI is InChI=1S/C16H20N2/c1-12(13-6-2-3-7-13)17-16-11-10-14-8-4-5-9-15(14)18-16/h4-5,8-13H,2-3,6-7H2,1H3,(H,17,18). The van der Waals surface area contributed by atoms with E-state index in [2.05, 4.69) is 47.6 Å². The Balaban J connectivity index is 1.77. The Morgan fingerprint density at radius 1 is 1.11 bits per heavy atom. The second kappa shape index (κ2) is 4.97. The van der Waals surface area contributed by atoms with Gasteiger partial charge in [0.1, 0.15) is 5.82 Å². The average molecular weight is 240 g/mol. The third-order valence-corrected chi connectivity index (χ3v) is 4.08. The second-order valence-corrected chi connectivity index (χ2v) is 5.37. The number of aromatic nitrogens is 1. The topological polar surface area (TPSA) is 24.9 Å². The van der Waals surface area contributed by atoms with Crippen molar-refractivity contribution in [2.24, 2.45) is 5.92 Å². The lowest BCUT2D eigenvalue weighted by Gasteiger charge is -2.21. The molecule has 1 aromatic heterocycles. The van der Waals surface area contributed by atoms with Crippen molar-refractivity contribution >= 4 is 16.7 Å². The number of rotatable bonds is 3. The fourth-order valence-electron chi connectivity index (χ4n) is 2.95. The molecule has 1 aromatic carbocycles. The van der Waals surface area contributed by atoms with Crippen molar-refractivity contribution in [3.63, 3.8) is 0 Å². The Morgan fingerprint density at radius 2 is 1.89 bits per heavy atom. The maximum Gasteiger partial charge on any atom is 0.126 e. The molecule has 0 bridgehead atoms. The maximum absolute atomic E-state index is 4.68. The summed E-state index contributed by atoms with van der Waals surface area (Å²) in [5, 5.41) is 4.77. The van der Waals surface area contributed by atoms with Crippen LogP contribution in [0.1, 0.15) is 32.6 Å². The minimum absolute atomic E-state index is 0.529. The highest BCUT2D eigenvalue weighted by Gasteiger charge is 2.21. The zero-order valence-corrected chi connectivity index (χ0v) is 10.9. The molecule has 2 aromatic rings. The molecule has 1 heterocycles. The number of anilines is 1. The molecule has 1 aliphatic carbocycles. The summed E-state index contributed by atoms with van der Waals surface area (Å²) in [6, 6.07) is 13.0. The van der Waals surface area contributed by atoms with Gasteiger partial charge in [0.2, 0.25) is 0 Å². The van der Waals surface area contributed by atoms with Gasteiger partial charge in [-0.05, 0) is 43.9 Å². The molecule has 3 rings (SSSR count). The largest absolute Gasteiger partial charge is 0.367 e. The molecule has 0 aliphatic heterocycles. The first kappa shape index (κ1) is 11.5. The van der Waals surface area contributed by atoms with E-state index in [-0.39, 0.29) is 0 Å². The van der Waals surface area contributed by atoms with Gasteiger partial charge in [-0.15, -0.1) is 0 Å². The molecule has 0 saturated heterocycles. The van der Waals surface area contributed by atoms with Crippen LogP contribution in [0.3, 0.4) is 0 Å². The first-order chi connectivity index (χ1) is 8.83. The predicted octanol–water partition coefficient (Wildman–Crippen LogP) is 4.23. The highest BCUT2D eigenvalue weighted by Crippen LogP contribution is 2.29. The fourth-order valence-corrected chi connectivity index (χ4v) is 2.95. The van der Waals surface area contributed by atoms with Crippen LogP contribution in [0.25, 0.3) is 10.9 Å². The van der Waals surface area contributed by atoms with Crippen molar-refractivity contribution in [1.82, 2.24) is 4.98 Å². The van der Waals surface area contributed by atoms with Gasteiger partial charge in [-0.25, -0.2) is 4.98 Å². The van der Waals surface area contributed by atoms with E-state index in [0.717, 1.165) is 17.3 Å². The van der Waals surface area contributed by atoms with Crippen LogP contribution >= 0.6 is 0 Å². The molecule has 1 atom stereocenters. The van der Waals surface area contributed by atoms with Gasteiger partial charge in [0.25, 0.3) is 0 Å². The third-order valence-electron chi connectivity index (χ3n) is 4.08. The van der Waals surface area contributed by atoms with Gasteiger partial charge in [-0.3, -0.25) is 0 Å². The van der Waals surface area contributed by atoms with Gasteiger partial charge in [-0.1, -0.05) is 31.0 Å². The minimum Gasteiger partial charge on any atom is -0.367 e. The van der Waals surface area contributed by atoms with E-state index in [1.165, 1.54) is 31.1 Å². The summed E-state index contributed by atoms with van der Waals surface area (Å²) in [5.41, 5.74) is 1.07. The predicted molar refractivity (Wildman–Crippen MR) is 76.8 cm³/mol. The summed E-state index contributed by atoms with van der Waals surface area (Å²) < 4.78 is 0. The highest BCUT2D eigenvalue weighted by molar-refractivity contribution is 5.80. The normalized spacial score (nSPS) is 18.1. The Hall–Kier alpha value is -1.57. The van der Waals surface area contributed by atoms with E-state index in [1.54, 1.807) is 0 Å². The monoisotopic (exact) mass is 240 g/mol. The summed E-state index contributed by atoms with van der Waals surface area (Å²) in [6.45, 7) is 2.28. The summed E-state index contributed by atoms with van der Waals surface area (Å²) in [4.78, 5) is 4.68. The van der Waals surface area contributed by atoms with Gasteiger partial charge in [0, 0.05) is 11.4 Å². The molecular weight excluding hydrogens is 220 g/mol. The van der Waals surface area contributed by atoms with Crippen molar-refractivity contribution in [2.75, 3.05) is 5.32 Å². The summed E-state index contributed by atoms with van der Waals surface area (Å²) in [7, 11) is 0. The smallest absolute Gasteiger partial charge is 0.126 e. The molecule has 1 aliphatic rings. The number of pyridine rings is 1. The molecule has 1 unspecified atom stereocenters. The van der Waals surface area contributed by atoms with E-state index < -0.39 is 0 Å². The van der Waals surface area contributed by atoms with E-state index in [0.29, 0.717) is 6.04 Å². The average Bonchev–Trinajstić information content (AvgIpc) is 2.92. The minimum atomic E-state index is 0.529. The maximum atomic E-state index is 4.68. The number of fused-ring (bicyclic) bond motifs is 1. The third kappa shape index (κ3) is 2.33. The Labute approximate surface area is 108 Å². The summed E-state index contributed by atoms with van der Waals surface area (Å²) in [6.07, 6.45) is 5.51. The quantitative estimate of drug-likeness (QED) is 0.868. The van der Waals surface area contributed by atoms with E-state index in [9.17, 15) is 0 Å². The molecule has 0 radical (unpaired) electrons. The highest BCUT2D eigenvalue weighted by atomic mass is 15.0. The molecule has 2 nitrogen and oxygen atoms in total. The van der Waals surface area contributed by atoms with E-state index >= 15 is 0 Å². The van der Waals surface area contributed by atoms with Gasteiger partial charge >= 0.3 is 0 Å². The molecule has 0 amide bonds. The SMILES string of the molecule is CC(Nc1ccc2ccccc2n1)C1CCCC1. The Bertz CT molecular complexity index is 529. The lowest BCUT2D eigenvalue weighted by Crippen LogP contribution is -2.24. The molecule has 1 N–H and O–H groups in total. The number of nitrogens with one attached hydrogen (secondary N) is 1. The number of hydrogen-bond donors (Lipinski definition) is 1. The van der Waals surface area contributed by atoms with E-state index in [1.807, 2.05) is 6.07 Å². The van der Waals surface area contributed by atoms with Crippen molar-refractivity contribution in [1.29, 1.82) is 0 Å². The zero-order chi connectivity index (χ0) is 12.4. The molecule has 0 spiro atoms. The van der Waals surface area contributed by atoms with Crippen LogP contribution in [-0.2, 0) is 0 Å². The number of benzene rings is 1. The molecule has 1 fully saturated rings. The molecule has 1 saturated carbocycles. The molecule has 18 heavy (non-hydrogen) atoms. The van der Waals surface area contributed by atoms with Crippen molar-refractivity contribution < 1.29 is 0 Å². The van der Waals surface area contributed by atoms with Gasteiger partial charge in [0.15, 0.2) is 0 Å². The van der Waals surface area contributed by atoms with E-state index in [4.69, 9.17) is 0 Å². The number of para-hydroxylation sites is 1. The van der Waals surface area contributed by atoms with Crippen LogP contribution in [0.5, 0.6) is 0 Å². The molecule has 94 valence electrons. The van der Waals surface area contributed by atoms with Gasteiger partial charge in [0.05, 0.1) is 5.52 Å². The molecular formula is C16H20N2. The Morgan fingerprint density at radius 3 is 2.72 bits per heavy atom. The Kier molecular flexibility index (Phi) is 3.18. The van der Waals surface area contributed by atoms with Crippen LogP contribution in [0.4, 0.5) is 5.82 Å². The number of nitrogens with zero attached hydrogens (tertiary/aromatic N) is 1. The van der Waals surface area contributed by atoms with Crippen LogP contribution in [-0.4, -0.2) is 11.0 Å². The van der Waals surface area contributed by atoms with Crippen molar-refractivity contribution in [3.05, 3.63) is 36.4 Å². The lowest BCUT2D eigenvalue weighted by molar-refractivity contribution is 0.481.